The van der Waals surface area contributed by atoms with Gasteiger partial charge in [0.1, 0.15) is 6.33 Å². The van der Waals surface area contributed by atoms with E-state index >= 15 is 0 Å². The first-order chi connectivity index (χ1) is 14.0. The fraction of sp³-hybridized carbons (Fsp3) is 0.286. The number of Topliss-reactive ketones (excluding diaryl/α,β-unsaturated/α-hetero) is 1. The van der Waals surface area contributed by atoms with Crippen LogP contribution in [0.25, 0.3) is 16.7 Å². The van der Waals surface area contributed by atoms with Crippen molar-refractivity contribution in [2.24, 2.45) is 0 Å². The summed E-state index contributed by atoms with van der Waals surface area (Å²) in [6.07, 6.45) is 3.97. The quantitative estimate of drug-likeness (QED) is 0.400. The SMILES string of the molecule is CCc1cccc2c(C(=O)COC(=O)Cc3c(C)nc4ncnn4c3C)c[nH]c12. The molecule has 8 nitrogen and oxygen atoms in total. The van der Waals surface area contributed by atoms with Crippen molar-refractivity contribution in [1.29, 1.82) is 0 Å². The molecule has 0 saturated heterocycles. The average molecular weight is 391 g/mol. The number of aromatic amines is 1. The zero-order chi connectivity index (χ0) is 20.5. The van der Waals surface area contributed by atoms with E-state index in [2.05, 4.69) is 27.0 Å². The number of esters is 1. The fourth-order valence-corrected chi connectivity index (χ4v) is 3.57. The first kappa shape index (κ1) is 18.8. The summed E-state index contributed by atoms with van der Waals surface area (Å²) in [5.74, 6) is -0.242. The molecule has 1 aromatic carbocycles. The lowest BCUT2D eigenvalue weighted by Gasteiger charge is -2.10. The van der Waals surface area contributed by atoms with Gasteiger partial charge >= 0.3 is 5.97 Å². The number of aryl methyl sites for hydroxylation is 3. The average Bonchev–Trinajstić information content (AvgIpc) is 3.36. The van der Waals surface area contributed by atoms with Gasteiger partial charge in [0.15, 0.2) is 6.61 Å². The number of aromatic nitrogens is 5. The van der Waals surface area contributed by atoms with Gasteiger partial charge in [0, 0.05) is 39.6 Å². The lowest BCUT2D eigenvalue weighted by atomic mass is 10.1. The molecule has 3 heterocycles. The van der Waals surface area contributed by atoms with E-state index in [4.69, 9.17) is 4.74 Å². The Morgan fingerprint density at radius 2 is 2.07 bits per heavy atom. The van der Waals surface area contributed by atoms with Crippen molar-refractivity contribution in [2.75, 3.05) is 6.61 Å². The molecule has 0 aliphatic carbocycles. The molecule has 0 unspecified atom stereocenters. The third kappa shape index (κ3) is 3.37. The van der Waals surface area contributed by atoms with Gasteiger partial charge in [-0.25, -0.2) is 9.50 Å². The Labute approximate surface area is 166 Å². The molecule has 3 aromatic heterocycles. The van der Waals surface area contributed by atoms with E-state index in [0.29, 0.717) is 17.0 Å². The van der Waals surface area contributed by atoms with Crippen molar-refractivity contribution < 1.29 is 14.3 Å². The standard InChI is InChI=1S/C21H21N5O3/c1-4-14-6-5-7-15-17(9-22-20(14)15)18(27)10-29-19(28)8-16-12(2)25-21-23-11-24-26(21)13(16)3/h5-7,9,11,22H,4,8,10H2,1-3H3. The predicted octanol–water partition coefficient (Wildman–Crippen LogP) is 2.75. The van der Waals surface area contributed by atoms with Gasteiger partial charge in [0.2, 0.25) is 5.78 Å². The highest BCUT2D eigenvalue weighted by molar-refractivity contribution is 6.09. The summed E-state index contributed by atoms with van der Waals surface area (Å²) in [7, 11) is 0. The molecule has 4 aromatic rings. The number of para-hydroxylation sites is 1. The smallest absolute Gasteiger partial charge is 0.310 e. The monoisotopic (exact) mass is 391 g/mol. The molecule has 0 atom stereocenters. The third-order valence-electron chi connectivity index (χ3n) is 5.16. The Hall–Kier alpha value is -3.55. The molecule has 0 radical (unpaired) electrons. The van der Waals surface area contributed by atoms with Crippen LogP contribution in [0.2, 0.25) is 0 Å². The van der Waals surface area contributed by atoms with Crippen LogP contribution in [-0.4, -0.2) is 42.9 Å². The lowest BCUT2D eigenvalue weighted by Crippen LogP contribution is -2.17. The summed E-state index contributed by atoms with van der Waals surface area (Å²) >= 11 is 0. The molecule has 29 heavy (non-hydrogen) atoms. The van der Waals surface area contributed by atoms with Gasteiger partial charge in [-0.2, -0.15) is 10.1 Å². The van der Waals surface area contributed by atoms with Gasteiger partial charge in [-0.1, -0.05) is 25.1 Å². The Bertz CT molecular complexity index is 1240. The maximum absolute atomic E-state index is 12.6. The highest BCUT2D eigenvalue weighted by Crippen LogP contribution is 2.23. The number of hydrogen-bond donors (Lipinski definition) is 1. The van der Waals surface area contributed by atoms with E-state index in [9.17, 15) is 9.59 Å². The Kier molecular flexibility index (Phi) is 4.84. The topological polar surface area (TPSA) is 102 Å². The van der Waals surface area contributed by atoms with Crippen LogP contribution in [0.5, 0.6) is 0 Å². The van der Waals surface area contributed by atoms with E-state index in [1.807, 2.05) is 32.0 Å². The molecule has 1 N–H and O–H groups in total. The number of rotatable bonds is 6. The van der Waals surface area contributed by atoms with E-state index in [0.717, 1.165) is 34.1 Å². The fourth-order valence-electron chi connectivity index (χ4n) is 3.57. The van der Waals surface area contributed by atoms with Crippen LogP contribution >= 0.6 is 0 Å². The lowest BCUT2D eigenvalue weighted by molar-refractivity contribution is -0.141. The summed E-state index contributed by atoms with van der Waals surface area (Å²) in [5.41, 5.74) is 4.80. The molecule has 0 amide bonds. The number of hydrogen-bond acceptors (Lipinski definition) is 6. The number of ether oxygens (including phenoxy) is 1. The molecule has 0 bridgehead atoms. The van der Waals surface area contributed by atoms with Crippen molar-refractivity contribution in [1.82, 2.24) is 24.6 Å². The highest BCUT2D eigenvalue weighted by atomic mass is 16.5. The van der Waals surface area contributed by atoms with E-state index < -0.39 is 5.97 Å². The molecule has 0 aliphatic rings. The molecule has 0 fully saturated rings. The van der Waals surface area contributed by atoms with Crippen molar-refractivity contribution in [2.45, 2.75) is 33.6 Å². The van der Waals surface area contributed by atoms with E-state index in [-0.39, 0.29) is 18.8 Å². The molecule has 4 rings (SSSR count). The number of carbonyl (C=O) groups excluding carboxylic acids is 2. The van der Waals surface area contributed by atoms with Crippen molar-refractivity contribution in [3.8, 4) is 0 Å². The van der Waals surface area contributed by atoms with Crippen LogP contribution in [-0.2, 0) is 22.4 Å². The molecule has 8 heteroatoms. The second-order valence-electron chi connectivity index (χ2n) is 6.89. The summed E-state index contributed by atoms with van der Waals surface area (Å²) < 4.78 is 6.85. The van der Waals surface area contributed by atoms with Gasteiger partial charge in [-0.05, 0) is 25.8 Å². The highest BCUT2D eigenvalue weighted by Gasteiger charge is 2.18. The van der Waals surface area contributed by atoms with Gasteiger partial charge in [-0.15, -0.1) is 0 Å². The summed E-state index contributed by atoms with van der Waals surface area (Å²) in [6.45, 7) is 5.42. The number of nitrogens with one attached hydrogen (secondary N) is 1. The normalized spacial score (nSPS) is 11.3. The molecule has 148 valence electrons. The second kappa shape index (κ2) is 7.46. The number of benzene rings is 1. The first-order valence-corrected chi connectivity index (χ1v) is 9.43. The number of ketones is 1. The predicted molar refractivity (Wildman–Crippen MR) is 107 cm³/mol. The zero-order valence-corrected chi connectivity index (χ0v) is 16.5. The Morgan fingerprint density at radius 1 is 1.24 bits per heavy atom. The molecule has 0 spiro atoms. The third-order valence-corrected chi connectivity index (χ3v) is 5.16. The number of H-pyrrole nitrogens is 1. The maximum atomic E-state index is 12.6. The number of nitrogens with zero attached hydrogens (tertiary/aromatic N) is 4. The van der Waals surface area contributed by atoms with Crippen LogP contribution in [0.3, 0.4) is 0 Å². The minimum Gasteiger partial charge on any atom is -0.457 e. The van der Waals surface area contributed by atoms with Crippen LogP contribution in [0.1, 0.15) is 39.8 Å². The van der Waals surface area contributed by atoms with Crippen molar-refractivity contribution in [3.05, 3.63) is 58.8 Å². The van der Waals surface area contributed by atoms with Crippen molar-refractivity contribution >= 4 is 28.4 Å². The van der Waals surface area contributed by atoms with Crippen molar-refractivity contribution in [3.63, 3.8) is 0 Å². The summed E-state index contributed by atoms with van der Waals surface area (Å²) in [4.78, 5) is 36.6. The summed E-state index contributed by atoms with van der Waals surface area (Å²) in [5, 5.41) is 4.96. The molecule has 0 saturated carbocycles. The molecule has 0 aliphatic heterocycles. The van der Waals surface area contributed by atoms with Gasteiger partial charge in [0.25, 0.3) is 5.78 Å². The maximum Gasteiger partial charge on any atom is 0.310 e. The van der Waals surface area contributed by atoms with Crippen LogP contribution in [0, 0.1) is 13.8 Å². The summed E-state index contributed by atoms with van der Waals surface area (Å²) in [6, 6.07) is 5.85. The van der Waals surface area contributed by atoms with E-state index in [1.54, 1.807) is 10.7 Å². The van der Waals surface area contributed by atoms with E-state index in [1.165, 1.54) is 6.33 Å². The van der Waals surface area contributed by atoms with Crippen LogP contribution < -0.4 is 0 Å². The Balaban J connectivity index is 1.47. The number of carbonyl (C=O) groups is 2. The van der Waals surface area contributed by atoms with Gasteiger partial charge in [-0.3, -0.25) is 9.59 Å². The van der Waals surface area contributed by atoms with Crippen LogP contribution in [0.15, 0.2) is 30.7 Å². The largest absolute Gasteiger partial charge is 0.457 e. The van der Waals surface area contributed by atoms with Crippen LogP contribution in [0.4, 0.5) is 0 Å². The molecular weight excluding hydrogens is 370 g/mol. The van der Waals surface area contributed by atoms with Gasteiger partial charge < -0.3 is 9.72 Å². The first-order valence-electron chi connectivity index (χ1n) is 9.43. The second-order valence-corrected chi connectivity index (χ2v) is 6.89. The minimum absolute atomic E-state index is 0.0155. The Morgan fingerprint density at radius 3 is 2.86 bits per heavy atom. The minimum atomic E-state index is -0.486. The van der Waals surface area contributed by atoms with Gasteiger partial charge in [0.05, 0.1) is 6.42 Å². The number of fused-ring (bicyclic) bond motifs is 2. The molecular formula is C21H21N5O3. The zero-order valence-electron chi connectivity index (χ0n) is 16.5.